The second-order valence-corrected chi connectivity index (χ2v) is 7.88. The Morgan fingerprint density at radius 2 is 1.87 bits per heavy atom. The van der Waals surface area contributed by atoms with Gasteiger partial charge in [-0.05, 0) is 49.4 Å². The van der Waals surface area contributed by atoms with Crippen LogP contribution in [0.15, 0.2) is 42.5 Å². The molecule has 2 heterocycles. The Bertz CT molecular complexity index is 1070. The van der Waals surface area contributed by atoms with E-state index in [0.29, 0.717) is 29.6 Å². The van der Waals surface area contributed by atoms with Crippen LogP contribution in [0.3, 0.4) is 0 Å². The van der Waals surface area contributed by atoms with Crippen LogP contribution in [-0.4, -0.2) is 34.1 Å². The first-order chi connectivity index (χ1) is 14.3. The third kappa shape index (κ3) is 3.94. The summed E-state index contributed by atoms with van der Waals surface area (Å²) >= 11 is 0. The van der Waals surface area contributed by atoms with Crippen LogP contribution in [0, 0.1) is 5.41 Å². The van der Waals surface area contributed by atoms with Crippen LogP contribution in [0.25, 0.3) is 17.1 Å². The number of fused-ring (bicyclic) bond motifs is 1. The van der Waals surface area contributed by atoms with Crippen molar-refractivity contribution in [1.29, 1.82) is 0 Å². The molecule has 2 aromatic carbocycles. The standard InChI is InChI=1S/C22H24N4O4/c1-5-28-21-24-19(14-6-11-17-18(12-14)30-13-29-17)26(25-21)16-9-7-15(8-10-16)23-20(27)22(2,3)4/h6-12H,5,13H2,1-4H3,(H,23,27). The third-order valence-electron chi connectivity index (χ3n) is 4.54. The van der Waals surface area contributed by atoms with Crippen LogP contribution < -0.4 is 19.5 Å². The number of amides is 1. The highest BCUT2D eigenvalue weighted by molar-refractivity contribution is 5.94. The zero-order valence-corrected chi connectivity index (χ0v) is 17.4. The van der Waals surface area contributed by atoms with Gasteiger partial charge in [-0.15, -0.1) is 5.10 Å². The molecule has 1 aliphatic heterocycles. The summed E-state index contributed by atoms with van der Waals surface area (Å²) in [6, 6.07) is 13.3. The molecule has 1 N–H and O–H groups in total. The summed E-state index contributed by atoms with van der Waals surface area (Å²) in [7, 11) is 0. The number of carbonyl (C=O) groups is 1. The molecule has 0 unspecified atom stereocenters. The number of aromatic nitrogens is 3. The number of hydrogen-bond acceptors (Lipinski definition) is 6. The minimum absolute atomic E-state index is 0.0457. The van der Waals surface area contributed by atoms with Gasteiger partial charge in [0.2, 0.25) is 12.7 Å². The molecule has 4 rings (SSSR count). The fraction of sp³-hybridized carbons (Fsp3) is 0.318. The van der Waals surface area contributed by atoms with Gasteiger partial charge < -0.3 is 19.5 Å². The van der Waals surface area contributed by atoms with Crippen molar-refractivity contribution in [2.45, 2.75) is 27.7 Å². The maximum atomic E-state index is 12.2. The third-order valence-corrected chi connectivity index (χ3v) is 4.54. The highest BCUT2D eigenvalue weighted by atomic mass is 16.7. The number of anilines is 1. The molecule has 3 aromatic rings. The molecular weight excluding hydrogens is 384 g/mol. The topological polar surface area (TPSA) is 87.5 Å². The lowest BCUT2D eigenvalue weighted by molar-refractivity contribution is -0.123. The number of hydrogen-bond donors (Lipinski definition) is 1. The summed E-state index contributed by atoms with van der Waals surface area (Å²) in [6.07, 6.45) is 0. The van der Waals surface area contributed by atoms with Gasteiger partial charge in [0.15, 0.2) is 17.3 Å². The molecule has 0 fully saturated rings. The van der Waals surface area contributed by atoms with Gasteiger partial charge in [-0.1, -0.05) is 20.8 Å². The van der Waals surface area contributed by atoms with E-state index in [2.05, 4.69) is 15.4 Å². The Morgan fingerprint density at radius 1 is 1.13 bits per heavy atom. The first-order valence-corrected chi connectivity index (χ1v) is 9.77. The van der Waals surface area contributed by atoms with E-state index in [1.54, 1.807) is 4.68 Å². The highest BCUT2D eigenvalue weighted by Crippen LogP contribution is 2.36. The van der Waals surface area contributed by atoms with Gasteiger partial charge in [0.1, 0.15) is 0 Å². The predicted octanol–water partition coefficient (Wildman–Crippen LogP) is 4.05. The van der Waals surface area contributed by atoms with Crippen molar-refractivity contribution < 1.29 is 19.0 Å². The van der Waals surface area contributed by atoms with Crippen molar-refractivity contribution in [3.8, 4) is 34.6 Å². The zero-order valence-electron chi connectivity index (χ0n) is 17.4. The van der Waals surface area contributed by atoms with Gasteiger partial charge in [-0.3, -0.25) is 4.79 Å². The largest absolute Gasteiger partial charge is 0.463 e. The Labute approximate surface area is 174 Å². The minimum atomic E-state index is -0.469. The van der Waals surface area contributed by atoms with Crippen LogP contribution in [-0.2, 0) is 4.79 Å². The molecule has 8 nitrogen and oxygen atoms in total. The summed E-state index contributed by atoms with van der Waals surface area (Å²) in [5, 5.41) is 7.42. The van der Waals surface area contributed by atoms with Gasteiger partial charge in [0.05, 0.1) is 12.3 Å². The maximum absolute atomic E-state index is 12.2. The quantitative estimate of drug-likeness (QED) is 0.685. The number of benzene rings is 2. The summed E-state index contributed by atoms with van der Waals surface area (Å²) in [5.74, 6) is 1.94. The van der Waals surface area contributed by atoms with E-state index in [1.165, 1.54) is 0 Å². The summed E-state index contributed by atoms with van der Waals surface area (Å²) in [6.45, 7) is 8.17. The lowest BCUT2D eigenvalue weighted by Gasteiger charge is -2.17. The fourth-order valence-corrected chi connectivity index (χ4v) is 2.89. The molecule has 8 heteroatoms. The average Bonchev–Trinajstić information content (AvgIpc) is 3.34. The number of rotatable bonds is 5. The van der Waals surface area contributed by atoms with Crippen molar-refractivity contribution in [3.63, 3.8) is 0 Å². The number of nitrogens with one attached hydrogen (secondary N) is 1. The van der Waals surface area contributed by atoms with E-state index < -0.39 is 5.41 Å². The normalized spacial score (nSPS) is 12.7. The summed E-state index contributed by atoms with van der Waals surface area (Å²) in [4.78, 5) is 16.8. The van der Waals surface area contributed by atoms with Crippen LogP contribution in [0.2, 0.25) is 0 Å². The van der Waals surface area contributed by atoms with E-state index in [9.17, 15) is 4.79 Å². The van der Waals surface area contributed by atoms with E-state index in [-0.39, 0.29) is 18.7 Å². The van der Waals surface area contributed by atoms with Gasteiger partial charge in [-0.25, -0.2) is 4.68 Å². The van der Waals surface area contributed by atoms with E-state index in [4.69, 9.17) is 14.2 Å². The molecule has 0 aliphatic carbocycles. The molecule has 0 saturated heterocycles. The Hall–Kier alpha value is -3.55. The molecule has 1 aromatic heterocycles. The Balaban J connectivity index is 1.67. The molecule has 0 atom stereocenters. The Kier molecular flexibility index (Phi) is 5.07. The molecule has 0 radical (unpaired) electrons. The van der Waals surface area contributed by atoms with Crippen molar-refractivity contribution in [1.82, 2.24) is 14.8 Å². The molecule has 1 aliphatic rings. The zero-order chi connectivity index (χ0) is 21.3. The van der Waals surface area contributed by atoms with Gasteiger partial charge in [0, 0.05) is 16.7 Å². The fourth-order valence-electron chi connectivity index (χ4n) is 2.89. The highest BCUT2D eigenvalue weighted by Gasteiger charge is 2.22. The van der Waals surface area contributed by atoms with Gasteiger partial charge in [-0.2, -0.15) is 4.98 Å². The van der Waals surface area contributed by atoms with Crippen LogP contribution in [0.1, 0.15) is 27.7 Å². The molecule has 1 amide bonds. The Morgan fingerprint density at radius 3 is 2.57 bits per heavy atom. The second kappa shape index (κ2) is 7.70. The first kappa shape index (κ1) is 19.8. The lowest BCUT2D eigenvalue weighted by atomic mass is 9.95. The van der Waals surface area contributed by atoms with Crippen LogP contribution in [0.4, 0.5) is 5.69 Å². The number of nitrogens with zero attached hydrogens (tertiary/aromatic N) is 3. The minimum Gasteiger partial charge on any atom is -0.463 e. The van der Waals surface area contributed by atoms with Crippen molar-refractivity contribution in [3.05, 3.63) is 42.5 Å². The van der Waals surface area contributed by atoms with Crippen LogP contribution >= 0.6 is 0 Å². The molecule has 0 spiro atoms. The van der Waals surface area contributed by atoms with E-state index in [0.717, 1.165) is 11.3 Å². The van der Waals surface area contributed by atoms with Crippen molar-refractivity contribution in [2.24, 2.45) is 5.41 Å². The van der Waals surface area contributed by atoms with E-state index in [1.807, 2.05) is 70.2 Å². The summed E-state index contributed by atoms with van der Waals surface area (Å²) < 4.78 is 18.1. The smallest absolute Gasteiger partial charge is 0.336 e. The predicted molar refractivity (Wildman–Crippen MR) is 112 cm³/mol. The SMILES string of the molecule is CCOc1nc(-c2ccc3c(c2)OCO3)n(-c2ccc(NC(=O)C(C)(C)C)cc2)n1. The molecule has 30 heavy (non-hydrogen) atoms. The van der Waals surface area contributed by atoms with Gasteiger partial charge >= 0.3 is 6.01 Å². The lowest BCUT2D eigenvalue weighted by Crippen LogP contribution is -2.27. The average molecular weight is 408 g/mol. The monoisotopic (exact) mass is 408 g/mol. The molecule has 0 bridgehead atoms. The first-order valence-electron chi connectivity index (χ1n) is 9.77. The molecule has 156 valence electrons. The molecular formula is C22H24N4O4. The number of carbonyl (C=O) groups excluding carboxylic acids is 1. The maximum Gasteiger partial charge on any atom is 0.336 e. The summed E-state index contributed by atoms with van der Waals surface area (Å²) in [5.41, 5.74) is 1.86. The second-order valence-electron chi connectivity index (χ2n) is 7.88. The van der Waals surface area contributed by atoms with Gasteiger partial charge in [0.25, 0.3) is 0 Å². The van der Waals surface area contributed by atoms with E-state index >= 15 is 0 Å². The van der Waals surface area contributed by atoms with Crippen LogP contribution in [0.5, 0.6) is 17.5 Å². The molecule has 0 saturated carbocycles. The van der Waals surface area contributed by atoms with Crippen molar-refractivity contribution >= 4 is 11.6 Å². The van der Waals surface area contributed by atoms with Crippen molar-refractivity contribution in [2.75, 3.05) is 18.7 Å². The number of ether oxygens (including phenoxy) is 3.